The smallest absolute Gasteiger partial charge is 0.122 e. The third kappa shape index (κ3) is 5.22. The maximum Gasteiger partial charge on any atom is 0.122 e. The largest absolute Gasteiger partial charge is 0.507 e. The van der Waals surface area contributed by atoms with E-state index in [1.807, 2.05) is 48.5 Å². The van der Waals surface area contributed by atoms with E-state index in [0.29, 0.717) is 44.5 Å². The van der Waals surface area contributed by atoms with Crippen LogP contribution in [0.5, 0.6) is 23.0 Å². The Hall–Kier alpha value is -4.08. The number of hydrogen-bond acceptors (Lipinski definition) is 8. The molecule has 40 heavy (non-hydrogen) atoms. The predicted octanol–water partition coefficient (Wildman–Crippen LogP) is 3.02. The molecular weight excluding hydrogens is 504 g/mol. The van der Waals surface area contributed by atoms with E-state index in [4.69, 9.17) is 22.9 Å². The molecule has 208 valence electrons. The fraction of sp³-hybridized carbons (Fsp3) is 0.250. The number of rotatable bonds is 4. The molecule has 0 unspecified atom stereocenters. The summed E-state index contributed by atoms with van der Waals surface area (Å²) < 4.78 is 0. The zero-order valence-electron chi connectivity index (χ0n) is 22.4. The van der Waals surface area contributed by atoms with Crippen molar-refractivity contribution in [2.75, 3.05) is 0 Å². The van der Waals surface area contributed by atoms with Crippen LogP contribution in [-0.4, -0.2) is 20.4 Å². The molecule has 8 heteroatoms. The predicted molar refractivity (Wildman–Crippen MR) is 155 cm³/mol. The van der Waals surface area contributed by atoms with Gasteiger partial charge in [0, 0.05) is 51.9 Å². The minimum absolute atomic E-state index is 0.0814. The average molecular weight is 541 g/mol. The van der Waals surface area contributed by atoms with Gasteiger partial charge in [-0.25, -0.2) is 0 Å². The van der Waals surface area contributed by atoms with Crippen molar-refractivity contribution in [2.45, 2.75) is 51.9 Å². The van der Waals surface area contributed by atoms with Crippen molar-refractivity contribution in [3.63, 3.8) is 0 Å². The number of phenolic OH excluding ortho intramolecular Hbond substituents is 4. The Balaban J connectivity index is 1.80. The summed E-state index contributed by atoms with van der Waals surface area (Å²) in [4.78, 5) is 0. The van der Waals surface area contributed by atoms with Gasteiger partial charge in [-0.1, -0.05) is 48.5 Å². The van der Waals surface area contributed by atoms with Gasteiger partial charge in [-0.15, -0.1) is 0 Å². The van der Waals surface area contributed by atoms with Crippen LogP contribution in [0.4, 0.5) is 0 Å². The zero-order chi connectivity index (χ0) is 28.6. The van der Waals surface area contributed by atoms with Gasteiger partial charge >= 0.3 is 0 Å². The molecule has 0 spiro atoms. The van der Waals surface area contributed by atoms with Gasteiger partial charge in [0.1, 0.15) is 23.0 Å². The third-order valence-electron chi connectivity index (χ3n) is 7.78. The van der Waals surface area contributed by atoms with Crippen molar-refractivity contribution in [3.8, 4) is 23.0 Å². The minimum atomic E-state index is 0.0814. The zero-order valence-corrected chi connectivity index (χ0v) is 22.4. The highest BCUT2D eigenvalue weighted by Crippen LogP contribution is 2.39. The molecule has 0 saturated heterocycles. The lowest BCUT2D eigenvalue weighted by atomic mass is 9.88. The highest BCUT2D eigenvalue weighted by molar-refractivity contribution is 5.57. The molecule has 1 aliphatic carbocycles. The van der Waals surface area contributed by atoms with Gasteiger partial charge in [0.15, 0.2) is 0 Å². The topological polar surface area (TPSA) is 185 Å². The molecule has 5 rings (SSSR count). The van der Waals surface area contributed by atoms with E-state index in [1.54, 1.807) is 0 Å². The van der Waals surface area contributed by atoms with Gasteiger partial charge in [-0.2, -0.15) is 0 Å². The first-order valence-electron chi connectivity index (χ1n) is 13.4. The van der Waals surface area contributed by atoms with Crippen LogP contribution >= 0.6 is 0 Å². The molecule has 0 saturated carbocycles. The van der Waals surface area contributed by atoms with E-state index in [1.165, 1.54) is 0 Å². The normalized spacial score (nSPS) is 12.9. The molecule has 0 aliphatic heterocycles. The molecular formula is C32H36N4O4. The van der Waals surface area contributed by atoms with E-state index < -0.39 is 0 Å². The summed E-state index contributed by atoms with van der Waals surface area (Å²) >= 11 is 0. The first-order chi connectivity index (χ1) is 19.2. The SMILES string of the molecule is NCc1cc2c(O)c(c1)Cc1cc(CN)cc(c1O)Cc1cc(CN)cc(c1O)Cc1cc(CN)cc(c1O)C2. The lowest BCUT2D eigenvalue weighted by Gasteiger charge is -2.20. The van der Waals surface area contributed by atoms with Crippen LogP contribution in [0.2, 0.25) is 0 Å². The van der Waals surface area contributed by atoms with Gasteiger partial charge in [0.05, 0.1) is 0 Å². The van der Waals surface area contributed by atoms with E-state index in [0.717, 1.165) is 22.3 Å². The number of fused-ring (bicyclic) bond motifs is 8. The van der Waals surface area contributed by atoms with Crippen LogP contribution in [0, 0.1) is 0 Å². The second-order valence-electron chi connectivity index (χ2n) is 10.6. The molecule has 0 amide bonds. The van der Waals surface area contributed by atoms with Gasteiger partial charge in [0.25, 0.3) is 0 Å². The minimum Gasteiger partial charge on any atom is -0.507 e. The number of benzene rings is 4. The molecule has 0 aromatic heterocycles. The van der Waals surface area contributed by atoms with Crippen LogP contribution in [-0.2, 0) is 51.9 Å². The van der Waals surface area contributed by atoms with Gasteiger partial charge in [-0.3, -0.25) is 0 Å². The maximum atomic E-state index is 11.4. The van der Waals surface area contributed by atoms with Crippen LogP contribution in [0.3, 0.4) is 0 Å². The molecule has 0 fully saturated rings. The Kier molecular flexibility index (Phi) is 7.69. The molecule has 0 radical (unpaired) electrons. The van der Waals surface area contributed by atoms with E-state index in [-0.39, 0.29) is 74.9 Å². The number of aromatic hydroxyl groups is 4. The van der Waals surface area contributed by atoms with E-state index >= 15 is 0 Å². The van der Waals surface area contributed by atoms with Gasteiger partial charge in [0.2, 0.25) is 0 Å². The van der Waals surface area contributed by atoms with Gasteiger partial charge < -0.3 is 43.4 Å². The van der Waals surface area contributed by atoms with Crippen molar-refractivity contribution in [3.05, 3.63) is 115 Å². The van der Waals surface area contributed by atoms with E-state index in [2.05, 4.69) is 0 Å². The summed E-state index contributed by atoms with van der Waals surface area (Å²) in [7, 11) is 0. The second-order valence-corrected chi connectivity index (χ2v) is 10.6. The van der Waals surface area contributed by atoms with Crippen molar-refractivity contribution in [1.82, 2.24) is 0 Å². The Bertz CT molecular complexity index is 1270. The van der Waals surface area contributed by atoms with E-state index in [9.17, 15) is 20.4 Å². The first-order valence-corrected chi connectivity index (χ1v) is 13.4. The lowest BCUT2D eigenvalue weighted by molar-refractivity contribution is 0.450. The maximum absolute atomic E-state index is 11.4. The summed E-state index contributed by atoms with van der Waals surface area (Å²) in [6.45, 7) is 1.05. The number of phenols is 4. The van der Waals surface area contributed by atoms with Crippen LogP contribution in [0.1, 0.15) is 66.8 Å². The average Bonchev–Trinajstić information content (AvgIpc) is 2.95. The molecule has 0 heterocycles. The number of hydrogen-bond donors (Lipinski definition) is 8. The van der Waals surface area contributed by atoms with Crippen molar-refractivity contribution in [1.29, 1.82) is 0 Å². The molecule has 8 nitrogen and oxygen atoms in total. The lowest BCUT2D eigenvalue weighted by Crippen LogP contribution is -2.07. The first kappa shape index (κ1) is 27.5. The van der Waals surface area contributed by atoms with Gasteiger partial charge in [-0.05, 0) is 66.8 Å². The fourth-order valence-electron chi connectivity index (χ4n) is 5.70. The van der Waals surface area contributed by atoms with Crippen molar-refractivity contribution in [2.24, 2.45) is 22.9 Å². The van der Waals surface area contributed by atoms with Crippen molar-refractivity contribution < 1.29 is 20.4 Å². The monoisotopic (exact) mass is 540 g/mol. The molecule has 4 aromatic carbocycles. The second kappa shape index (κ2) is 11.2. The Morgan fingerprint density at radius 1 is 0.350 bits per heavy atom. The summed E-state index contributed by atoms with van der Waals surface area (Å²) in [6, 6.07) is 14.7. The summed E-state index contributed by atoms with van der Waals surface area (Å²) in [5.41, 5.74) is 32.2. The number of nitrogens with two attached hydrogens (primary N) is 4. The van der Waals surface area contributed by atoms with Crippen LogP contribution in [0.15, 0.2) is 48.5 Å². The summed E-state index contributed by atoms with van der Waals surface area (Å²) in [5, 5.41) is 45.5. The Labute approximate surface area is 233 Å². The molecule has 12 N–H and O–H groups in total. The van der Waals surface area contributed by atoms with Crippen LogP contribution in [0.25, 0.3) is 0 Å². The summed E-state index contributed by atoms with van der Waals surface area (Å²) in [5.74, 6) is 0.326. The Morgan fingerprint density at radius 2 is 0.500 bits per heavy atom. The molecule has 0 atom stereocenters. The summed E-state index contributed by atoms with van der Waals surface area (Å²) in [6.07, 6.45) is 0.942. The molecule has 1 aliphatic rings. The molecule has 4 aromatic rings. The highest BCUT2D eigenvalue weighted by Gasteiger charge is 2.21. The Morgan fingerprint density at radius 3 is 0.625 bits per heavy atom. The standard InChI is InChI=1S/C32H36N4O4/c33-13-17-1-21-9-23-3-18(14-34)4-25(30(23)38)11-26-7-20(16-36)8-28(32(26)40)12-27-6-19(15-35)5-24(31(27)39)10-22(2-17)29(21)37/h1-8,37-40H,9-16,33-36H2. The fourth-order valence-corrected chi connectivity index (χ4v) is 5.70. The third-order valence-corrected chi connectivity index (χ3v) is 7.78. The van der Waals surface area contributed by atoms with Crippen LogP contribution < -0.4 is 22.9 Å². The molecule has 8 bridgehead atoms. The van der Waals surface area contributed by atoms with Crippen molar-refractivity contribution >= 4 is 0 Å². The quantitative estimate of drug-likeness (QED) is 0.171. The highest BCUT2D eigenvalue weighted by atomic mass is 16.3.